The number of fused-ring (bicyclic) bond motifs is 2. The highest BCUT2D eigenvalue weighted by atomic mass is 19.1. The van der Waals surface area contributed by atoms with Crippen LogP contribution in [0.15, 0.2) is 70.3 Å². The molecule has 0 spiro atoms. The number of carbonyl (C=O) groups is 2. The molecule has 0 bridgehead atoms. The number of amides is 2. The molecule has 0 aliphatic carbocycles. The Morgan fingerprint density at radius 1 is 0.595 bits per heavy atom. The fraction of sp³-hybridized carbons (Fsp3) is 0.625. The smallest absolute Gasteiger partial charge is 0.251 e. The van der Waals surface area contributed by atoms with E-state index in [-0.39, 0.29) is 84.0 Å². The lowest BCUT2D eigenvalue weighted by Gasteiger charge is -2.43. The van der Waals surface area contributed by atoms with E-state index >= 15 is 0 Å². The molecule has 4 saturated heterocycles. The zero-order chi connectivity index (χ0) is 59.1. The van der Waals surface area contributed by atoms with Crippen LogP contribution >= 0.6 is 0 Å². The van der Waals surface area contributed by atoms with Crippen LogP contribution in [0, 0.1) is 11.6 Å². The van der Waals surface area contributed by atoms with E-state index in [0.717, 1.165) is 125 Å². The molecule has 4 aromatic rings. The van der Waals surface area contributed by atoms with E-state index < -0.39 is 10.8 Å². The van der Waals surface area contributed by atoms with Crippen LogP contribution in [0.5, 0.6) is 0 Å². The van der Waals surface area contributed by atoms with Crippen molar-refractivity contribution in [1.29, 1.82) is 0 Å². The predicted molar refractivity (Wildman–Crippen MR) is 321 cm³/mol. The topological polar surface area (TPSA) is 180 Å². The number of pyridine rings is 2. The molecule has 8 heterocycles. The number of aromatic nitrogens is 2. The van der Waals surface area contributed by atoms with Gasteiger partial charge in [-0.2, -0.15) is 0 Å². The Bertz CT molecular complexity index is 2800. The highest BCUT2D eigenvalue weighted by Gasteiger charge is 2.43. The first-order valence-electron chi connectivity index (χ1n) is 30.8. The second kappa shape index (κ2) is 27.6. The van der Waals surface area contributed by atoms with Crippen molar-refractivity contribution in [1.82, 2.24) is 40.2 Å². The van der Waals surface area contributed by atoms with E-state index in [2.05, 4.69) is 81.7 Å². The van der Waals surface area contributed by atoms with Gasteiger partial charge in [0.1, 0.15) is 11.6 Å². The Morgan fingerprint density at radius 3 is 1.40 bits per heavy atom. The van der Waals surface area contributed by atoms with Crippen molar-refractivity contribution in [3.63, 3.8) is 0 Å². The first-order valence-corrected chi connectivity index (χ1v) is 30.8. The molecule has 6 aliphatic heterocycles. The molecule has 10 rings (SSSR count). The van der Waals surface area contributed by atoms with Gasteiger partial charge in [-0.1, -0.05) is 64.8 Å². The minimum Gasteiger partial charge on any atom is -0.379 e. The molecule has 6 atom stereocenters. The number of H-pyrrole nitrogens is 2. The number of unbranched alkanes of at least 4 members (excludes halogenated alkanes) is 3. The minimum absolute atomic E-state index is 0.0114. The fourth-order valence-electron chi connectivity index (χ4n) is 13.3. The summed E-state index contributed by atoms with van der Waals surface area (Å²) in [5.74, 6) is -0.626. The van der Waals surface area contributed by atoms with Crippen LogP contribution in [0.3, 0.4) is 0 Å². The van der Waals surface area contributed by atoms with Crippen molar-refractivity contribution in [3.8, 4) is 0 Å². The number of hydrogen-bond donors (Lipinski definition) is 4. The second-order valence-electron chi connectivity index (χ2n) is 26.0. The molecule has 2 aromatic carbocycles. The van der Waals surface area contributed by atoms with Gasteiger partial charge in [-0.25, -0.2) is 8.78 Å². The summed E-state index contributed by atoms with van der Waals surface area (Å²) in [7, 11) is 0. The number of benzene rings is 2. The molecular formula is C64H90F2N10O8. The maximum Gasteiger partial charge on any atom is 0.251 e. The molecule has 2 aromatic heterocycles. The standard InChI is InChI=1S/C64H90F2N10O8/c1-43-31-73(37-57(77)75-41-63(3,4)59-55(75)27-47(61(79)69-59)25-45-11-15-49(65)16-12-45)51(29-67-43)33-71-19-23-83-53(35-71)39-81-21-9-7-8-10-22-82-40-54-36-72(20-24-84-54)34-52-30-68-44(2)32-74(52)38-58(78)76-42-64(5,6)60-56(76)28-48(62(80)70-60)26-46-13-17-50(66)18-14-46/h11-18,27-28,43-44,51-54,67-68H,7-10,19-26,29-42H2,1-6H3,(H,69,79)(H,70,80)/t43-,44-,51-,52-,53+,54+/m1/s1. The third-order valence-electron chi connectivity index (χ3n) is 17.9. The number of aromatic amines is 2. The molecule has 4 fully saturated rings. The number of morpholine rings is 2. The largest absolute Gasteiger partial charge is 0.379 e. The molecule has 84 heavy (non-hydrogen) atoms. The number of anilines is 2. The van der Waals surface area contributed by atoms with Gasteiger partial charge in [0.25, 0.3) is 11.1 Å². The number of hydrogen-bond acceptors (Lipinski definition) is 14. The Morgan fingerprint density at radius 2 is 1.00 bits per heavy atom. The molecular weight excluding hydrogens is 1070 g/mol. The van der Waals surface area contributed by atoms with Gasteiger partial charge >= 0.3 is 0 Å². The molecule has 20 heteroatoms. The van der Waals surface area contributed by atoms with Crippen molar-refractivity contribution in [2.45, 2.75) is 127 Å². The zero-order valence-corrected chi connectivity index (χ0v) is 50.3. The molecule has 18 nitrogen and oxygen atoms in total. The summed E-state index contributed by atoms with van der Waals surface area (Å²) in [5, 5.41) is 7.29. The van der Waals surface area contributed by atoms with Gasteiger partial charge in [-0.3, -0.25) is 38.8 Å². The normalized spacial score (nSPS) is 24.8. The molecule has 4 N–H and O–H groups in total. The summed E-state index contributed by atoms with van der Waals surface area (Å²) in [6.07, 6.45) is 4.69. The van der Waals surface area contributed by atoms with E-state index in [4.69, 9.17) is 18.9 Å². The van der Waals surface area contributed by atoms with Crippen LogP contribution in [-0.2, 0) is 52.2 Å². The number of piperazine rings is 2. The number of nitrogens with zero attached hydrogens (tertiary/aromatic N) is 6. The quantitative estimate of drug-likeness (QED) is 0.0745. The lowest BCUT2D eigenvalue weighted by atomic mass is 9.91. The maximum atomic E-state index is 14.3. The SMILES string of the molecule is C[C@@H]1CN(CC(=O)N2CC(C)(C)c3[nH]c(=O)c(Cc4ccc(F)cc4)cc32)[C@@H](CN2CCO[C@H](COCCCCCCOC[C@@H]3CN(C[C@H]4CN[C@H](C)CN4CC(=O)N4CC(C)(C)c5[nH]c(=O)c(Cc6ccc(F)cc6)cc54)CCO3)C2)CN1. The summed E-state index contributed by atoms with van der Waals surface area (Å²) >= 11 is 0. The van der Waals surface area contributed by atoms with Crippen LogP contribution < -0.4 is 31.6 Å². The average Bonchev–Trinajstić information content (AvgIpc) is 1.86. The number of rotatable bonds is 23. The molecule has 0 radical (unpaired) electrons. The number of carbonyl (C=O) groups excluding carboxylic acids is 2. The van der Waals surface area contributed by atoms with E-state index in [1.165, 1.54) is 24.3 Å². The van der Waals surface area contributed by atoms with Crippen molar-refractivity contribution in [2.75, 3.05) is 141 Å². The first kappa shape index (κ1) is 61.8. The highest BCUT2D eigenvalue weighted by molar-refractivity contribution is 5.98. The van der Waals surface area contributed by atoms with E-state index in [0.29, 0.717) is 76.7 Å². The van der Waals surface area contributed by atoms with Gasteiger partial charge in [0, 0.05) is 162 Å². The molecule has 6 aliphatic rings. The van der Waals surface area contributed by atoms with Gasteiger partial charge in [0.2, 0.25) is 11.8 Å². The van der Waals surface area contributed by atoms with Gasteiger partial charge in [-0.05, 0) is 74.2 Å². The molecule has 0 saturated carbocycles. The second-order valence-corrected chi connectivity index (χ2v) is 26.0. The lowest BCUT2D eigenvalue weighted by molar-refractivity contribution is -0.122. The molecule has 458 valence electrons. The van der Waals surface area contributed by atoms with Gasteiger partial charge in [0.15, 0.2) is 0 Å². The van der Waals surface area contributed by atoms with Crippen LogP contribution in [-0.4, -0.2) is 209 Å². The maximum absolute atomic E-state index is 14.3. The van der Waals surface area contributed by atoms with Gasteiger partial charge in [-0.15, -0.1) is 0 Å². The predicted octanol–water partition coefficient (Wildman–Crippen LogP) is 4.79. The first-order chi connectivity index (χ1) is 40.3. The number of halogens is 2. The third kappa shape index (κ3) is 15.6. The summed E-state index contributed by atoms with van der Waals surface area (Å²) in [6.45, 7) is 25.6. The van der Waals surface area contributed by atoms with Crippen LogP contribution in [0.25, 0.3) is 0 Å². The van der Waals surface area contributed by atoms with E-state index in [9.17, 15) is 28.0 Å². The molecule has 0 unspecified atom stereocenters. The Hall–Kier alpha value is -5.26. The Balaban J connectivity index is 0.610. The summed E-state index contributed by atoms with van der Waals surface area (Å²) in [4.78, 5) is 74.6. The van der Waals surface area contributed by atoms with Crippen LogP contribution in [0.4, 0.5) is 20.2 Å². The molecule has 2 amide bonds. The third-order valence-corrected chi connectivity index (χ3v) is 17.9. The Kier molecular flexibility index (Phi) is 20.3. The number of ether oxygens (including phenoxy) is 4. The zero-order valence-electron chi connectivity index (χ0n) is 50.3. The number of nitrogens with one attached hydrogen (secondary N) is 4. The summed E-state index contributed by atoms with van der Waals surface area (Å²) in [5.41, 5.74) is 4.57. The fourth-order valence-corrected chi connectivity index (χ4v) is 13.3. The van der Waals surface area contributed by atoms with Gasteiger partial charge in [0.05, 0.1) is 63.1 Å². The minimum atomic E-state index is -0.421. The highest BCUT2D eigenvalue weighted by Crippen LogP contribution is 2.40. The lowest BCUT2D eigenvalue weighted by Crippen LogP contribution is -2.61. The van der Waals surface area contributed by atoms with Crippen molar-refractivity contribution in [2.24, 2.45) is 0 Å². The monoisotopic (exact) mass is 1160 g/mol. The van der Waals surface area contributed by atoms with Gasteiger partial charge < -0.3 is 49.3 Å². The summed E-state index contributed by atoms with van der Waals surface area (Å²) in [6, 6.07) is 16.8. The Labute approximate surface area is 493 Å². The van der Waals surface area contributed by atoms with E-state index in [1.807, 2.05) is 21.9 Å². The van der Waals surface area contributed by atoms with Crippen LogP contribution in [0.1, 0.15) is 101 Å². The summed E-state index contributed by atoms with van der Waals surface area (Å²) < 4.78 is 51.9. The van der Waals surface area contributed by atoms with Crippen molar-refractivity contribution in [3.05, 3.63) is 127 Å². The van der Waals surface area contributed by atoms with Crippen molar-refractivity contribution < 1.29 is 37.3 Å². The van der Waals surface area contributed by atoms with Crippen molar-refractivity contribution >= 4 is 23.2 Å². The average molecular weight is 1170 g/mol. The van der Waals surface area contributed by atoms with Crippen LogP contribution in [0.2, 0.25) is 0 Å². The van der Waals surface area contributed by atoms with E-state index in [1.54, 1.807) is 24.3 Å².